The molecule has 0 saturated heterocycles. The van der Waals surface area contributed by atoms with E-state index in [1.165, 1.54) is 0 Å². The molecule has 3 rings (SSSR count). The van der Waals surface area contributed by atoms with Crippen LogP contribution in [0, 0.1) is 6.92 Å². The molecule has 0 aliphatic rings. The number of pyridine rings is 1. The van der Waals surface area contributed by atoms with Crippen molar-refractivity contribution in [2.24, 2.45) is 5.10 Å². The predicted octanol–water partition coefficient (Wildman–Crippen LogP) is 3.58. The third kappa shape index (κ3) is 4.20. The second-order valence-electron chi connectivity index (χ2n) is 5.88. The van der Waals surface area contributed by atoms with Crippen LogP contribution in [0.4, 0.5) is 0 Å². The molecule has 0 N–H and O–H groups in total. The van der Waals surface area contributed by atoms with Crippen molar-refractivity contribution in [2.75, 3.05) is 14.1 Å². The van der Waals surface area contributed by atoms with Crippen LogP contribution in [0.2, 0.25) is 0 Å². The first kappa shape index (κ1) is 16.6. The Kier molecular flexibility index (Phi) is 5.04. The van der Waals surface area contributed by atoms with Gasteiger partial charge in [0.2, 0.25) is 0 Å². The van der Waals surface area contributed by atoms with Crippen molar-refractivity contribution < 1.29 is 0 Å². The lowest BCUT2D eigenvalue weighted by molar-refractivity contribution is 0.564. The van der Waals surface area contributed by atoms with E-state index in [9.17, 15) is 0 Å². The molecule has 5 nitrogen and oxygen atoms in total. The summed E-state index contributed by atoms with van der Waals surface area (Å²) in [4.78, 5) is 10.7. The normalized spacial score (nSPS) is 11.9. The molecule has 0 radical (unpaired) electrons. The molecule has 0 aliphatic carbocycles. The minimum absolute atomic E-state index is 0.837. The molecule has 2 heterocycles. The maximum absolute atomic E-state index is 4.78. The van der Waals surface area contributed by atoms with Gasteiger partial charge in [0.05, 0.1) is 17.6 Å². The van der Waals surface area contributed by atoms with E-state index in [1.807, 2.05) is 91.5 Å². The predicted molar refractivity (Wildman–Crippen MR) is 101 cm³/mol. The summed E-state index contributed by atoms with van der Waals surface area (Å²) in [6.45, 7) is 1.95. The largest absolute Gasteiger partial charge is 0.383 e. The van der Waals surface area contributed by atoms with Crippen LogP contribution in [0.15, 0.2) is 78.4 Å². The fraction of sp³-hybridized carbons (Fsp3) is 0.150. The minimum atomic E-state index is 0.837. The maximum Gasteiger partial charge on any atom is 0.127 e. The number of imidazole rings is 1. The zero-order valence-electron chi connectivity index (χ0n) is 14.7. The van der Waals surface area contributed by atoms with Gasteiger partial charge in [-0.3, -0.25) is 4.98 Å². The molecule has 0 saturated carbocycles. The Balaban J connectivity index is 2.02. The van der Waals surface area contributed by atoms with Crippen molar-refractivity contribution in [1.29, 1.82) is 0 Å². The molecule has 0 amide bonds. The van der Waals surface area contributed by atoms with Gasteiger partial charge in [0, 0.05) is 43.8 Å². The van der Waals surface area contributed by atoms with Crippen LogP contribution in [-0.4, -0.2) is 39.4 Å². The molecule has 126 valence electrons. The highest BCUT2D eigenvalue weighted by molar-refractivity contribution is 6.08. The van der Waals surface area contributed by atoms with Crippen molar-refractivity contribution in [3.8, 4) is 11.3 Å². The van der Waals surface area contributed by atoms with Crippen LogP contribution in [-0.2, 0) is 0 Å². The highest BCUT2D eigenvalue weighted by atomic mass is 15.4. The molecule has 1 aromatic carbocycles. The van der Waals surface area contributed by atoms with Crippen molar-refractivity contribution in [2.45, 2.75) is 6.92 Å². The summed E-state index contributed by atoms with van der Waals surface area (Å²) in [6.07, 6.45) is 9.45. The van der Waals surface area contributed by atoms with Crippen LogP contribution >= 0.6 is 0 Å². The summed E-state index contributed by atoms with van der Waals surface area (Å²) in [5.74, 6) is 0.837. The summed E-state index contributed by atoms with van der Waals surface area (Å²) in [5, 5.41) is 4.78. The van der Waals surface area contributed by atoms with E-state index in [0.29, 0.717) is 0 Å². The van der Waals surface area contributed by atoms with E-state index in [-0.39, 0.29) is 0 Å². The third-order valence-electron chi connectivity index (χ3n) is 3.65. The zero-order valence-corrected chi connectivity index (χ0v) is 14.7. The van der Waals surface area contributed by atoms with E-state index in [4.69, 9.17) is 5.10 Å². The third-order valence-corrected chi connectivity index (χ3v) is 3.65. The van der Waals surface area contributed by atoms with E-state index in [2.05, 4.69) is 9.97 Å². The lowest BCUT2D eigenvalue weighted by Gasteiger charge is -2.06. The van der Waals surface area contributed by atoms with Crippen molar-refractivity contribution in [3.63, 3.8) is 0 Å². The molecule has 0 aliphatic heterocycles. The van der Waals surface area contributed by atoms with Crippen molar-refractivity contribution in [1.82, 2.24) is 19.5 Å². The molecule has 3 aromatic rings. The molecule has 5 heteroatoms. The van der Waals surface area contributed by atoms with Gasteiger partial charge in [0.25, 0.3) is 0 Å². The van der Waals surface area contributed by atoms with Gasteiger partial charge in [0.1, 0.15) is 5.82 Å². The molecule has 0 bridgehead atoms. The van der Waals surface area contributed by atoms with Crippen molar-refractivity contribution >= 4 is 5.71 Å². The van der Waals surface area contributed by atoms with Gasteiger partial charge in [-0.05, 0) is 25.1 Å². The number of hydrogen-bond donors (Lipinski definition) is 0. The molecule has 0 unspecified atom stereocenters. The number of aryl methyl sites for hydroxylation is 1. The SMILES string of the molecule is Cc1nc(-c2ccccc2)cn1/N=C(\C=C\N(C)C)c1ccncc1. The van der Waals surface area contributed by atoms with Crippen molar-refractivity contribution in [3.05, 3.63) is 84.7 Å². The summed E-state index contributed by atoms with van der Waals surface area (Å²) in [7, 11) is 3.97. The fourth-order valence-corrected chi connectivity index (χ4v) is 2.36. The highest BCUT2D eigenvalue weighted by Gasteiger charge is 2.07. The Hall–Kier alpha value is -3.21. The Bertz CT molecular complexity index is 877. The topological polar surface area (TPSA) is 46.3 Å². The Morgan fingerprint density at radius 1 is 1.08 bits per heavy atom. The average molecular weight is 331 g/mol. The lowest BCUT2D eigenvalue weighted by Crippen LogP contribution is -2.06. The first-order valence-corrected chi connectivity index (χ1v) is 8.09. The number of hydrogen-bond acceptors (Lipinski definition) is 4. The number of aromatic nitrogens is 3. The number of allylic oxidation sites excluding steroid dienone is 1. The van der Waals surface area contributed by atoms with Gasteiger partial charge in [-0.2, -0.15) is 5.10 Å². The number of nitrogens with zero attached hydrogens (tertiary/aromatic N) is 5. The molecule has 0 spiro atoms. The number of benzene rings is 1. The van der Waals surface area contributed by atoms with Gasteiger partial charge in [0.15, 0.2) is 0 Å². The minimum Gasteiger partial charge on any atom is -0.383 e. The van der Waals surface area contributed by atoms with Crippen LogP contribution in [0.3, 0.4) is 0 Å². The van der Waals surface area contributed by atoms with Crippen LogP contribution in [0.5, 0.6) is 0 Å². The van der Waals surface area contributed by atoms with Crippen LogP contribution in [0.1, 0.15) is 11.4 Å². The summed E-state index contributed by atoms with van der Waals surface area (Å²) in [5.41, 5.74) is 3.83. The summed E-state index contributed by atoms with van der Waals surface area (Å²) >= 11 is 0. The van der Waals surface area contributed by atoms with Gasteiger partial charge in [-0.1, -0.05) is 30.3 Å². The van der Waals surface area contributed by atoms with Gasteiger partial charge in [-0.15, -0.1) is 0 Å². The molecule has 0 fully saturated rings. The highest BCUT2D eigenvalue weighted by Crippen LogP contribution is 2.18. The lowest BCUT2D eigenvalue weighted by atomic mass is 10.1. The van der Waals surface area contributed by atoms with E-state index in [0.717, 1.165) is 28.4 Å². The van der Waals surface area contributed by atoms with Crippen LogP contribution in [0.25, 0.3) is 11.3 Å². The first-order valence-electron chi connectivity index (χ1n) is 8.09. The summed E-state index contributed by atoms with van der Waals surface area (Å²) in [6, 6.07) is 14.0. The standard InChI is InChI=1S/C20H21N5/c1-16-22-20(17-7-5-4-6-8-17)15-25(16)23-19(11-14-24(2)3)18-9-12-21-13-10-18/h4-15H,1-3H3/b14-11+,23-19+. The average Bonchev–Trinajstić information content (AvgIpc) is 3.00. The zero-order chi connectivity index (χ0) is 17.6. The monoisotopic (exact) mass is 331 g/mol. The Labute approximate surface area is 148 Å². The Morgan fingerprint density at radius 2 is 1.80 bits per heavy atom. The summed E-state index contributed by atoms with van der Waals surface area (Å²) < 4.78 is 1.82. The molecule has 0 atom stereocenters. The quantitative estimate of drug-likeness (QED) is 0.671. The Morgan fingerprint density at radius 3 is 2.48 bits per heavy atom. The van der Waals surface area contributed by atoms with E-state index < -0.39 is 0 Å². The maximum atomic E-state index is 4.78. The van der Waals surface area contributed by atoms with Gasteiger partial charge >= 0.3 is 0 Å². The second-order valence-corrected chi connectivity index (χ2v) is 5.88. The fourth-order valence-electron chi connectivity index (χ4n) is 2.36. The number of rotatable bonds is 5. The van der Waals surface area contributed by atoms with Gasteiger partial charge in [-0.25, -0.2) is 9.66 Å². The van der Waals surface area contributed by atoms with E-state index >= 15 is 0 Å². The molecule has 25 heavy (non-hydrogen) atoms. The second kappa shape index (κ2) is 7.57. The molecular weight excluding hydrogens is 310 g/mol. The smallest absolute Gasteiger partial charge is 0.127 e. The first-order chi connectivity index (χ1) is 12.1. The van der Waals surface area contributed by atoms with Gasteiger partial charge < -0.3 is 4.90 Å². The van der Waals surface area contributed by atoms with E-state index in [1.54, 1.807) is 12.4 Å². The molecule has 2 aromatic heterocycles. The van der Waals surface area contributed by atoms with Crippen LogP contribution < -0.4 is 0 Å². The molecular formula is C20H21N5.